The number of hydrogen-bond acceptors (Lipinski definition) is 3. The third-order valence-electron chi connectivity index (χ3n) is 2.82. The summed E-state index contributed by atoms with van der Waals surface area (Å²) in [5.74, 6) is 0.593. The van der Waals surface area contributed by atoms with E-state index in [9.17, 15) is 4.79 Å². The highest BCUT2D eigenvalue weighted by Crippen LogP contribution is 2.24. The molecule has 0 aliphatic rings. The van der Waals surface area contributed by atoms with E-state index in [1.165, 1.54) is 0 Å². The van der Waals surface area contributed by atoms with E-state index in [2.05, 4.69) is 6.58 Å². The van der Waals surface area contributed by atoms with Crippen molar-refractivity contribution in [1.29, 1.82) is 0 Å². The second-order valence-corrected chi connectivity index (χ2v) is 4.64. The molecule has 0 aliphatic heterocycles. The number of halogens is 1. The fraction of sp³-hybridized carbons (Fsp3) is 0.214. The predicted molar refractivity (Wildman–Crippen MR) is 72.4 cm³/mol. The summed E-state index contributed by atoms with van der Waals surface area (Å²) < 4.78 is 10.6. The van der Waals surface area contributed by atoms with Crippen LogP contribution in [0, 0.1) is 13.8 Å². The van der Waals surface area contributed by atoms with E-state index in [0.29, 0.717) is 21.9 Å². The lowest BCUT2D eigenvalue weighted by Crippen LogP contribution is -2.05. The Kier molecular flexibility index (Phi) is 3.43. The third kappa shape index (κ3) is 2.41. The Morgan fingerprint density at radius 2 is 2.11 bits per heavy atom. The molecule has 18 heavy (non-hydrogen) atoms. The van der Waals surface area contributed by atoms with Gasteiger partial charge in [-0.05, 0) is 31.5 Å². The molecule has 0 spiro atoms. The average Bonchev–Trinajstić information content (AvgIpc) is 2.33. The van der Waals surface area contributed by atoms with Gasteiger partial charge in [-0.2, -0.15) is 0 Å². The van der Waals surface area contributed by atoms with Crippen molar-refractivity contribution in [2.24, 2.45) is 0 Å². The minimum Gasteiger partial charge on any atom is -0.488 e. The quantitative estimate of drug-likeness (QED) is 0.796. The smallest absolute Gasteiger partial charge is 0.339 e. The van der Waals surface area contributed by atoms with Gasteiger partial charge >= 0.3 is 5.63 Å². The van der Waals surface area contributed by atoms with Gasteiger partial charge in [-0.15, -0.1) is 0 Å². The Labute approximate surface area is 110 Å². The molecule has 0 bridgehead atoms. The first-order chi connectivity index (χ1) is 8.49. The molecule has 0 saturated carbocycles. The number of fused-ring (bicyclic) bond motifs is 1. The van der Waals surface area contributed by atoms with Crippen molar-refractivity contribution in [3.8, 4) is 5.75 Å². The Morgan fingerprint density at radius 3 is 2.78 bits per heavy atom. The number of benzene rings is 1. The van der Waals surface area contributed by atoms with Gasteiger partial charge in [0, 0.05) is 22.0 Å². The number of ether oxygens (including phenoxy) is 1. The van der Waals surface area contributed by atoms with Crippen molar-refractivity contribution in [2.45, 2.75) is 13.8 Å². The maximum atomic E-state index is 11.6. The lowest BCUT2D eigenvalue weighted by molar-refractivity contribution is 0.359. The van der Waals surface area contributed by atoms with Crippen LogP contribution in [0.4, 0.5) is 0 Å². The van der Waals surface area contributed by atoms with E-state index in [-0.39, 0.29) is 12.2 Å². The van der Waals surface area contributed by atoms with Crippen molar-refractivity contribution in [3.05, 3.63) is 51.4 Å². The maximum absolute atomic E-state index is 11.6. The Hall–Kier alpha value is -1.74. The summed E-state index contributed by atoms with van der Waals surface area (Å²) in [5.41, 5.74) is 1.75. The van der Waals surface area contributed by atoms with Gasteiger partial charge in [-0.25, -0.2) is 4.79 Å². The number of hydrogen-bond donors (Lipinski definition) is 0. The molecular formula is C14H13ClO3. The zero-order valence-electron chi connectivity index (χ0n) is 10.2. The molecular weight excluding hydrogens is 252 g/mol. The van der Waals surface area contributed by atoms with Crippen LogP contribution in [0.1, 0.15) is 11.1 Å². The Bertz CT molecular complexity index is 671. The second kappa shape index (κ2) is 4.86. The van der Waals surface area contributed by atoms with E-state index in [1.54, 1.807) is 13.0 Å². The summed E-state index contributed by atoms with van der Waals surface area (Å²) >= 11 is 5.62. The van der Waals surface area contributed by atoms with Crippen molar-refractivity contribution in [3.63, 3.8) is 0 Å². The van der Waals surface area contributed by atoms with Crippen molar-refractivity contribution >= 4 is 22.6 Å². The zero-order chi connectivity index (χ0) is 13.3. The van der Waals surface area contributed by atoms with Crippen LogP contribution < -0.4 is 10.4 Å². The van der Waals surface area contributed by atoms with E-state index >= 15 is 0 Å². The summed E-state index contributed by atoms with van der Waals surface area (Å²) in [4.78, 5) is 11.6. The normalized spacial score (nSPS) is 10.6. The minimum atomic E-state index is -0.320. The van der Waals surface area contributed by atoms with Crippen LogP contribution in [0.25, 0.3) is 11.0 Å². The first-order valence-corrected chi connectivity index (χ1v) is 5.87. The highest BCUT2D eigenvalue weighted by molar-refractivity contribution is 6.29. The highest BCUT2D eigenvalue weighted by Gasteiger charge is 2.08. The molecule has 0 unspecified atom stereocenters. The molecule has 2 aromatic rings. The highest BCUT2D eigenvalue weighted by atomic mass is 35.5. The summed E-state index contributed by atoms with van der Waals surface area (Å²) in [6, 6.07) is 5.37. The fourth-order valence-electron chi connectivity index (χ4n) is 1.68. The molecule has 0 amide bonds. The van der Waals surface area contributed by atoms with Crippen LogP contribution in [0.2, 0.25) is 0 Å². The van der Waals surface area contributed by atoms with Gasteiger partial charge in [0.05, 0.1) is 0 Å². The van der Waals surface area contributed by atoms with Gasteiger partial charge in [0.2, 0.25) is 0 Å². The topological polar surface area (TPSA) is 39.4 Å². The molecule has 0 fully saturated rings. The van der Waals surface area contributed by atoms with Crippen LogP contribution >= 0.6 is 11.6 Å². The van der Waals surface area contributed by atoms with Gasteiger partial charge < -0.3 is 9.15 Å². The van der Waals surface area contributed by atoms with Gasteiger partial charge in [0.15, 0.2) is 0 Å². The Morgan fingerprint density at radius 1 is 1.39 bits per heavy atom. The summed E-state index contributed by atoms with van der Waals surface area (Å²) in [7, 11) is 0. The van der Waals surface area contributed by atoms with Gasteiger partial charge in [0.1, 0.15) is 17.9 Å². The average molecular weight is 265 g/mol. The number of aryl methyl sites for hydroxylation is 1. The predicted octanol–water partition coefficient (Wildman–Crippen LogP) is 3.54. The van der Waals surface area contributed by atoms with Gasteiger partial charge in [-0.1, -0.05) is 18.2 Å². The first-order valence-electron chi connectivity index (χ1n) is 5.49. The van der Waals surface area contributed by atoms with Crippen molar-refractivity contribution < 1.29 is 9.15 Å². The summed E-state index contributed by atoms with van der Waals surface area (Å²) in [5, 5.41) is 1.32. The molecule has 0 atom stereocenters. The fourth-order valence-corrected chi connectivity index (χ4v) is 1.73. The molecule has 3 nitrogen and oxygen atoms in total. The van der Waals surface area contributed by atoms with Crippen LogP contribution in [0.15, 0.2) is 39.0 Å². The van der Waals surface area contributed by atoms with Crippen LogP contribution in [0.3, 0.4) is 0 Å². The molecule has 4 heteroatoms. The molecule has 1 aromatic heterocycles. The standard InChI is InChI=1S/C14H13ClO3/c1-8(15)7-17-11-4-5-12-9(2)10(3)14(16)18-13(12)6-11/h4-6H,1,7H2,2-3H3. The van der Waals surface area contributed by atoms with Crippen LogP contribution in [0.5, 0.6) is 5.75 Å². The molecule has 0 radical (unpaired) electrons. The lowest BCUT2D eigenvalue weighted by atomic mass is 10.1. The van der Waals surface area contributed by atoms with Crippen molar-refractivity contribution in [1.82, 2.24) is 0 Å². The third-order valence-corrected chi connectivity index (χ3v) is 2.93. The SMILES string of the molecule is C=C(Cl)COc1ccc2c(C)c(C)c(=O)oc2c1. The molecule has 0 N–H and O–H groups in total. The van der Waals surface area contributed by atoms with Crippen LogP contribution in [-0.4, -0.2) is 6.61 Å². The summed E-state index contributed by atoms with van der Waals surface area (Å²) in [6.45, 7) is 7.41. The molecule has 94 valence electrons. The maximum Gasteiger partial charge on any atom is 0.339 e. The largest absolute Gasteiger partial charge is 0.488 e. The van der Waals surface area contributed by atoms with Gasteiger partial charge in [-0.3, -0.25) is 0 Å². The summed E-state index contributed by atoms with van der Waals surface area (Å²) in [6.07, 6.45) is 0. The molecule has 0 saturated heterocycles. The first kappa shape index (κ1) is 12.7. The van der Waals surface area contributed by atoms with Gasteiger partial charge in [0.25, 0.3) is 0 Å². The Balaban J connectivity index is 2.49. The monoisotopic (exact) mass is 264 g/mol. The molecule has 1 heterocycles. The van der Waals surface area contributed by atoms with E-state index in [4.69, 9.17) is 20.8 Å². The van der Waals surface area contributed by atoms with Crippen molar-refractivity contribution in [2.75, 3.05) is 6.61 Å². The minimum absolute atomic E-state index is 0.224. The second-order valence-electron chi connectivity index (χ2n) is 4.10. The van der Waals surface area contributed by atoms with E-state index in [1.807, 2.05) is 19.1 Å². The van der Waals surface area contributed by atoms with Crippen LogP contribution in [-0.2, 0) is 0 Å². The zero-order valence-corrected chi connectivity index (χ0v) is 11.0. The molecule has 2 rings (SSSR count). The number of rotatable bonds is 3. The molecule has 1 aromatic carbocycles. The lowest BCUT2D eigenvalue weighted by Gasteiger charge is -2.07. The van der Waals surface area contributed by atoms with E-state index < -0.39 is 0 Å². The molecule has 0 aliphatic carbocycles. The van der Waals surface area contributed by atoms with E-state index in [0.717, 1.165) is 10.9 Å².